The summed E-state index contributed by atoms with van der Waals surface area (Å²) >= 11 is 0. The Labute approximate surface area is 137 Å². The normalized spacial score (nSPS) is 23.1. The van der Waals surface area contributed by atoms with Crippen molar-refractivity contribution in [2.24, 2.45) is 0 Å². The maximum absolute atomic E-state index is 6.36. The highest BCUT2D eigenvalue weighted by Gasteiger charge is 2.46. The molecule has 0 radical (unpaired) electrons. The standard InChI is InChI=1S/C20H23NO2/c1-22-19-17-9-5-6-10-18(17)20(23-19)11-13-21(14-12-20)15-16-7-3-2-4-8-16/h2-10,19H,11-15H2,1H3/t19-/m1/s1. The molecule has 0 unspecified atom stereocenters. The summed E-state index contributed by atoms with van der Waals surface area (Å²) in [5.74, 6) is 0. The molecule has 120 valence electrons. The van der Waals surface area contributed by atoms with Crippen molar-refractivity contribution in [1.82, 2.24) is 4.90 Å². The maximum atomic E-state index is 6.36. The Kier molecular flexibility index (Phi) is 3.93. The second-order valence-corrected chi connectivity index (χ2v) is 6.53. The fraction of sp³-hybridized carbons (Fsp3) is 0.400. The van der Waals surface area contributed by atoms with Crippen molar-refractivity contribution in [2.75, 3.05) is 20.2 Å². The molecule has 1 spiro atoms. The van der Waals surface area contributed by atoms with E-state index < -0.39 is 0 Å². The Morgan fingerprint density at radius 3 is 2.48 bits per heavy atom. The van der Waals surface area contributed by atoms with E-state index in [1.807, 2.05) is 0 Å². The van der Waals surface area contributed by atoms with Gasteiger partial charge in [-0.05, 0) is 24.0 Å². The molecule has 2 aromatic rings. The van der Waals surface area contributed by atoms with Crippen LogP contribution in [0.1, 0.15) is 35.8 Å². The Morgan fingerprint density at radius 1 is 1.04 bits per heavy atom. The first-order chi connectivity index (χ1) is 11.3. The van der Waals surface area contributed by atoms with Gasteiger partial charge in [0, 0.05) is 32.3 Å². The number of nitrogens with zero attached hydrogens (tertiary/aromatic N) is 1. The van der Waals surface area contributed by atoms with Crippen molar-refractivity contribution < 1.29 is 9.47 Å². The molecule has 0 N–H and O–H groups in total. The zero-order valence-corrected chi connectivity index (χ0v) is 13.6. The molecule has 0 saturated carbocycles. The first-order valence-electron chi connectivity index (χ1n) is 8.37. The quantitative estimate of drug-likeness (QED) is 0.859. The monoisotopic (exact) mass is 309 g/mol. The third-order valence-electron chi connectivity index (χ3n) is 5.17. The fourth-order valence-corrected chi connectivity index (χ4v) is 3.93. The van der Waals surface area contributed by atoms with Crippen LogP contribution in [0.5, 0.6) is 0 Å². The van der Waals surface area contributed by atoms with Crippen molar-refractivity contribution >= 4 is 0 Å². The second kappa shape index (κ2) is 6.08. The number of piperidine rings is 1. The average Bonchev–Trinajstić information content (AvgIpc) is 2.92. The van der Waals surface area contributed by atoms with Gasteiger partial charge in [-0.15, -0.1) is 0 Å². The topological polar surface area (TPSA) is 21.7 Å². The van der Waals surface area contributed by atoms with Crippen LogP contribution in [0.25, 0.3) is 0 Å². The highest BCUT2D eigenvalue weighted by atomic mass is 16.7. The third kappa shape index (κ3) is 2.69. The van der Waals surface area contributed by atoms with Crippen molar-refractivity contribution in [2.45, 2.75) is 31.3 Å². The van der Waals surface area contributed by atoms with Crippen molar-refractivity contribution in [3.05, 3.63) is 71.3 Å². The summed E-state index contributed by atoms with van der Waals surface area (Å²) in [7, 11) is 1.73. The summed E-state index contributed by atoms with van der Waals surface area (Å²) in [4.78, 5) is 2.52. The number of hydrogen-bond acceptors (Lipinski definition) is 3. The Bertz CT molecular complexity index is 662. The van der Waals surface area contributed by atoms with Gasteiger partial charge in [0.1, 0.15) is 0 Å². The third-order valence-corrected chi connectivity index (χ3v) is 5.17. The maximum Gasteiger partial charge on any atom is 0.184 e. The smallest absolute Gasteiger partial charge is 0.184 e. The zero-order chi connectivity index (χ0) is 15.7. The highest BCUT2D eigenvalue weighted by Crippen LogP contribution is 2.49. The van der Waals surface area contributed by atoms with Gasteiger partial charge in [-0.3, -0.25) is 4.90 Å². The van der Waals surface area contributed by atoms with Crippen molar-refractivity contribution in [3.63, 3.8) is 0 Å². The Morgan fingerprint density at radius 2 is 1.74 bits per heavy atom. The van der Waals surface area contributed by atoms with Gasteiger partial charge in [0.2, 0.25) is 0 Å². The zero-order valence-electron chi connectivity index (χ0n) is 13.6. The van der Waals surface area contributed by atoms with E-state index in [9.17, 15) is 0 Å². The fourth-order valence-electron chi connectivity index (χ4n) is 3.93. The Hall–Kier alpha value is -1.68. The number of benzene rings is 2. The van der Waals surface area contributed by atoms with Gasteiger partial charge >= 0.3 is 0 Å². The van der Waals surface area contributed by atoms with E-state index in [1.165, 1.54) is 16.7 Å². The van der Waals surface area contributed by atoms with E-state index in [1.54, 1.807) is 7.11 Å². The molecule has 3 nitrogen and oxygen atoms in total. The van der Waals surface area contributed by atoms with Crippen LogP contribution in [-0.4, -0.2) is 25.1 Å². The van der Waals surface area contributed by atoms with Crippen LogP contribution >= 0.6 is 0 Å². The highest BCUT2D eigenvalue weighted by molar-refractivity contribution is 5.37. The lowest BCUT2D eigenvalue weighted by atomic mass is 9.83. The van der Waals surface area contributed by atoms with Crippen LogP contribution in [0.4, 0.5) is 0 Å². The van der Waals surface area contributed by atoms with Crippen molar-refractivity contribution in [1.29, 1.82) is 0 Å². The molecule has 2 aromatic carbocycles. The van der Waals surface area contributed by atoms with E-state index in [0.717, 1.165) is 32.5 Å². The number of methoxy groups -OCH3 is 1. The Balaban J connectivity index is 1.49. The lowest BCUT2D eigenvalue weighted by Crippen LogP contribution is -2.42. The van der Waals surface area contributed by atoms with Crippen LogP contribution in [0.3, 0.4) is 0 Å². The summed E-state index contributed by atoms with van der Waals surface area (Å²) in [5, 5.41) is 0. The first-order valence-corrected chi connectivity index (χ1v) is 8.37. The van der Waals surface area contributed by atoms with Crippen LogP contribution in [0, 0.1) is 0 Å². The summed E-state index contributed by atoms with van der Waals surface area (Å²) in [6.07, 6.45) is 1.83. The number of fused-ring (bicyclic) bond motifs is 2. The number of hydrogen-bond donors (Lipinski definition) is 0. The van der Waals surface area contributed by atoms with Gasteiger partial charge in [-0.25, -0.2) is 0 Å². The van der Waals surface area contributed by atoms with Gasteiger partial charge in [0.25, 0.3) is 0 Å². The van der Waals surface area contributed by atoms with E-state index in [4.69, 9.17) is 9.47 Å². The van der Waals surface area contributed by atoms with Gasteiger partial charge < -0.3 is 9.47 Å². The lowest BCUT2D eigenvalue weighted by molar-refractivity contribution is -0.202. The molecule has 0 amide bonds. The molecule has 1 atom stereocenters. The molecule has 2 heterocycles. The van der Waals surface area contributed by atoms with Gasteiger partial charge in [0.05, 0.1) is 5.60 Å². The molecule has 23 heavy (non-hydrogen) atoms. The minimum absolute atomic E-state index is 0.162. The molecular weight excluding hydrogens is 286 g/mol. The summed E-state index contributed by atoms with van der Waals surface area (Å²) < 4.78 is 11.9. The molecule has 4 rings (SSSR count). The molecular formula is C20H23NO2. The second-order valence-electron chi connectivity index (χ2n) is 6.53. The average molecular weight is 309 g/mol. The number of ether oxygens (including phenoxy) is 2. The van der Waals surface area contributed by atoms with Crippen LogP contribution < -0.4 is 0 Å². The van der Waals surface area contributed by atoms with Crippen LogP contribution in [-0.2, 0) is 21.6 Å². The summed E-state index contributed by atoms with van der Waals surface area (Å²) in [6.45, 7) is 3.13. The number of rotatable bonds is 3. The molecule has 3 heteroatoms. The molecule has 0 aromatic heterocycles. The van der Waals surface area contributed by atoms with Crippen molar-refractivity contribution in [3.8, 4) is 0 Å². The molecule has 0 bridgehead atoms. The largest absolute Gasteiger partial charge is 0.352 e. The van der Waals surface area contributed by atoms with Gasteiger partial charge in [-0.1, -0.05) is 54.6 Å². The van der Waals surface area contributed by atoms with E-state index in [0.29, 0.717) is 0 Å². The van der Waals surface area contributed by atoms with E-state index >= 15 is 0 Å². The molecule has 2 aliphatic rings. The molecule has 1 fully saturated rings. The molecule has 1 saturated heterocycles. The minimum Gasteiger partial charge on any atom is -0.352 e. The molecule has 0 aliphatic carbocycles. The summed E-state index contributed by atoms with van der Waals surface area (Å²) in [5.41, 5.74) is 3.74. The first kappa shape index (κ1) is 14.9. The van der Waals surface area contributed by atoms with Crippen LogP contribution in [0.15, 0.2) is 54.6 Å². The van der Waals surface area contributed by atoms with Gasteiger partial charge in [0.15, 0.2) is 6.29 Å². The lowest BCUT2D eigenvalue weighted by Gasteiger charge is -2.39. The number of likely N-dealkylation sites (tertiary alicyclic amines) is 1. The SMILES string of the molecule is CO[C@@H]1OC2(CCN(Cc3ccccc3)CC2)c2ccccc21. The van der Waals surface area contributed by atoms with E-state index in [-0.39, 0.29) is 11.9 Å². The van der Waals surface area contributed by atoms with E-state index in [2.05, 4.69) is 59.5 Å². The van der Waals surface area contributed by atoms with Gasteiger partial charge in [-0.2, -0.15) is 0 Å². The predicted octanol–water partition coefficient (Wildman–Crippen LogP) is 3.85. The predicted molar refractivity (Wildman–Crippen MR) is 89.9 cm³/mol. The van der Waals surface area contributed by atoms with Crippen LogP contribution in [0.2, 0.25) is 0 Å². The summed E-state index contributed by atoms with van der Waals surface area (Å²) in [6, 6.07) is 19.2. The minimum atomic E-state index is -0.216. The molecule has 2 aliphatic heterocycles.